The molecule has 0 aliphatic heterocycles. The molecule has 2 heteroatoms. The fraction of sp³-hybridized carbons (Fsp3) is 0.900. The molecule has 0 amide bonds. The second kappa shape index (κ2) is 10.8. The Hall–Kier alpha value is -0.220. The summed E-state index contributed by atoms with van der Waals surface area (Å²) in [4.78, 5) is 0. The van der Waals surface area contributed by atoms with Crippen LogP contribution in [0.15, 0.2) is 0 Å². The van der Waals surface area contributed by atoms with Crippen molar-refractivity contribution in [1.82, 2.24) is 0 Å². The minimum Gasteiger partial charge on any atom is -0.198 e. The fourth-order valence-corrected chi connectivity index (χ4v) is 1.26. The second-order valence-electron chi connectivity index (χ2n) is 3.11. The third kappa shape index (κ3) is 7.88. The number of unbranched alkanes of at least 4 members (excludes halogenated alkanes) is 2. The summed E-state index contributed by atoms with van der Waals surface area (Å²) >= 11 is 0. The lowest BCUT2D eigenvalue weighted by Gasteiger charge is -2.05. The molecule has 0 radical (unpaired) electrons. The number of hydrogen-bond donors (Lipinski definition) is 0. The van der Waals surface area contributed by atoms with E-state index in [-0.39, 0.29) is 12.4 Å². The minimum atomic E-state index is 0. The number of halogens is 1. The van der Waals surface area contributed by atoms with Crippen molar-refractivity contribution in [1.29, 1.82) is 5.26 Å². The van der Waals surface area contributed by atoms with Crippen LogP contribution < -0.4 is 0 Å². The molecular formula is C10H20ClN. The first kappa shape index (κ1) is 14.3. The summed E-state index contributed by atoms with van der Waals surface area (Å²) in [5, 5.41) is 8.71. The molecule has 0 spiro atoms. The maximum absolute atomic E-state index is 8.71. The minimum absolute atomic E-state index is 0. The van der Waals surface area contributed by atoms with Gasteiger partial charge in [-0.3, -0.25) is 0 Å². The van der Waals surface area contributed by atoms with Gasteiger partial charge in [0, 0.05) is 5.92 Å². The van der Waals surface area contributed by atoms with Crippen molar-refractivity contribution in [3.8, 4) is 6.07 Å². The fourth-order valence-electron chi connectivity index (χ4n) is 1.26. The molecule has 0 aromatic carbocycles. The standard InChI is InChI=1S/C10H19N.ClH/c1-3-5-6-8-10(9-11)7-4-2;/h10H,3-8H2,1-2H3;1H. The van der Waals surface area contributed by atoms with Crippen LogP contribution in [0.3, 0.4) is 0 Å². The third-order valence-electron chi connectivity index (χ3n) is 1.98. The van der Waals surface area contributed by atoms with Gasteiger partial charge in [0.15, 0.2) is 0 Å². The topological polar surface area (TPSA) is 23.8 Å². The molecule has 0 aliphatic carbocycles. The molecule has 0 N–H and O–H groups in total. The van der Waals surface area contributed by atoms with Gasteiger partial charge in [0.05, 0.1) is 6.07 Å². The molecule has 1 nitrogen and oxygen atoms in total. The first-order valence-electron chi connectivity index (χ1n) is 4.74. The van der Waals surface area contributed by atoms with Gasteiger partial charge >= 0.3 is 0 Å². The predicted molar refractivity (Wildman–Crippen MR) is 55.4 cm³/mol. The number of nitriles is 1. The quantitative estimate of drug-likeness (QED) is 0.581. The van der Waals surface area contributed by atoms with Gasteiger partial charge in [-0.2, -0.15) is 5.26 Å². The van der Waals surface area contributed by atoms with Crippen LogP contribution in [0.5, 0.6) is 0 Å². The summed E-state index contributed by atoms with van der Waals surface area (Å²) in [7, 11) is 0. The van der Waals surface area contributed by atoms with Gasteiger partial charge in [0.2, 0.25) is 0 Å². The van der Waals surface area contributed by atoms with E-state index >= 15 is 0 Å². The van der Waals surface area contributed by atoms with E-state index in [1.807, 2.05) is 0 Å². The molecule has 1 unspecified atom stereocenters. The van der Waals surface area contributed by atoms with Crippen molar-refractivity contribution < 1.29 is 0 Å². The van der Waals surface area contributed by atoms with Gasteiger partial charge in [-0.25, -0.2) is 0 Å². The van der Waals surface area contributed by atoms with E-state index in [0.717, 1.165) is 19.3 Å². The Balaban J connectivity index is 0. The van der Waals surface area contributed by atoms with Gasteiger partial charge in [-0.05, 0) is 12.8 Å². The Morgan fingerprint density at radius 3 is 2.17 bits per heavy atom. The molecule has 12 heavy (non-hydrogen) atoms. The summed E-state index contributed by atoms with van der Waals surface area (Å²) in [5.74, 6) is 0.326. The van der Waals surface area contributed by atoms with Crippen molar-refractivity contribution in [2.45, 2.75) is 52.4 Å². The smallest absolute Gasteiger partial charge is 0.0655 e. The van der Waals surface area contributed by atoms with Gasteiger partial charge in [-0.15, -0.1) is 12.4 Å². The third-order valence-corrected chi connectivity index (χ3v) is 1.98. The highest BCUT2D eigenvalue weighted by atomic mass is 35.5. The average molecular weight is 190 g/mol. The van der Waals surface area contributed by atoms with Crippen LogP contribution in [0.4, 0.5) is 0 Å². The molecule has 0 fully saturated rings. The first-order chi connectivity index (χ1) is 5.35. The molecule has 0 bridgehead atoms. The number of nitrogens with zero attached hydrogens (tertiary/aromatic N) is 1. The van der Waals surface area contributed by atoms with E-state index in [1.165, 1.54) is 19.3 Å². The zero-order chi connectivity index (χ0) is 8.53. The van der Waals surface area contributed by atoms with E-state index in [4.69, 9.17) is 5.26 Å². The summed E-state index contributed by atoms with van der Waals surface area (Å²) in [6.45, 7) is 4.34. The summed E-state index contributed by atoms with van der Waals surface area (Å²) in [5.41, 5.74) is 0. The van der Waals surface area contributed by atoms with Crippen LogP contribution >= 0.6 is 12.4 Å². The Labute approximate surface area is 82.6 Å². The Kier molecular flexibility index (Phi) is 12.9. The Bertz CT molecular complexity index is 117. The van der Waals surface area contributed by atoms with Crippen LogP contribution in [-0.2, 0) is 0 Å². The van der Waals surface area contributed by atoms with E-state index in [1.54, 1.807) is 0 Å². The van der Waals surface area contributed by atoms with Gasteiger partial charge in [-0.1, -0.05) is 39.5 Å². The number of rotatable bonds is 6. The van der Waals surface area contributed by atoms with Gasteiger partial charge < -0.3 is 0 Å². The van der Waals surface area contributed by atoms with E-state index in [2.05, 4.69) is 19.9 Å². The molecule has 0 saturated carbocycles. The van der Waals surface area contributed by atoms with Crippen LogP contribution in [0.1, 0.15) is 52.4 Å². The molecule has 0 aromatic heterocycles. The number of hydrogen-bond acceptors (Lipinski definition) is 1. The highest BCUT2D eigenvalue weighted by molar-refractivity contribution is 5.85. The van der Waals surface area contributed by atoms with Crippen molar-refractivity contribution in [3.63, 3.8) is 0 Å². The lowest BCUT2D eigenvalue weighted by atomic mass is 9.98. The van der Waals surface area contributed by atoms with Crippen LogP contribution in [-0.4, -0.2) is 0 Å². The van der Waals surface area contributed by atoms with Crippen LogP contribution in [0.25, 0.3) is 0 Å². The summed E-state index contributed by atoms with van der Waals surface area (Å²) < 4.78 is 0. The lowest BCUT2D eigenvalue weighted by Crippen LogP contribution is -1.95. The maximum atomic E-state index is 8.71. The van der Waals surface area contributed by atoms with Crippen molar-refractivity contribution >= 4 is 12.4 Å². The van der Waals surface area contributed by atoms with Gasteiger partial charge in [0.25, 0.3) is 0 Å². The molecule has 0 rings (SSSR count). The SMILES string of the molecule is CCCCCC(C#N)CCC.Cl. The van der Waals surface area contributed by atoms with E-state index in [0.29, 0.717) is 5.92 Å². The summed E-state index contributed by atoms with van der Waals surface area (Å²) in [6.07, 6.45) is 7.10. The second-order valence-corrected chi connectivity index (χ2v) is 3.11. The zero-order valence-corrected chi connectivity index (χ0v) is 8.99. The molecule has 1 atom stereocenters. The van der Waals surface area contributed by atoms with Crippen LogP contribution in [0.2, 0.25) is 0 Å². The molecule has 0 heterocycles. The monoisotopic (exact) mass is 189 g/mol. The predicted octanol–water partition coefficient (Wildman–Crippen LogP) is 3.93. The molecule has 0 aliphatic rings. The Morgan fingerprint density at radius 2 is 1.75 bits per heavy atom. The summed E-state index contributed by atoms with van der Waals surface area (Å²) in [6, 6.07) is 2.36. The van der Waals surface area contributed by atoms with E-state index < -0.39 is 0 Å². The lowest BCUT2D eigenvalue weighted by molar-refractivity contribution is 0.511. The average Bonchev–Trinajstić information content (AvgIpc) is 2.03. The highest BCUT2D eigenvalue weighted by Crippen LogP contribution is 2.13. The molecule has 0 aromatic rings. The zero-order valence-electron chi connectivity index (χ0n) is 8.18. The normalized spacial score (nSPS) is 11.4. The van der Waals surface area contributed by atoms with Crippen molar-refractivity contribution in [2.24, 2.45) is 5.92 Å². The van der Waals surface area contributed by atoms with E-state index in [9.17, 15) is 0 Å². The molecular weight excluding hydrogens is 170 g/mol. The van der Waals surface area contributed by atoms with Crippen LogP contribution in [0, 0.1) is 17.2 Å². The van der Waals surface area contributed by atoms with Crippen molar-refractivity contribution in [3.05, 3.63) is 0 Å². The Morgan fingerprint density at radius 1 is 1.08 bits per heavy atom. The highest BCUT2D eigenvalue weighted by Gasteiger charge is 2.03. The maximum Gasteiger partial charge on any atom is 0.0655 e. The van der Waals surface area contributed by atoms with Crippen molar-refractivity contribution in [2.75, 3.05) is 0 Å². The largest absolute Gasteiger partial charge is 0.198 e. The van der Waals surface area contributed by atoms with Gasteiger partial charge in [0.1, 0.15) is 0 Å². The first-order valence-corrected chi connectivity index (χ1v) is 4.74. The molecule has 72 valence electrons. The molecule has 0 saturated heterocycles.